The first kappa shape index (κ1) is 21.9. The smallest absolute Gasteiger partial charge is 0.0841 e. The molecule has 0 aromatic heterocycles. The summed E-state index contributed by atoms with van der Waals surface area (Å²) in [5.41, 5.74) is 0. The van der Waals surface area contributed by atoms with Gasteiger partial charge in [0.15, 0.2) is 0 Å². The molecule has 3 heteroatoms. The molecule has 0 fully saturated rings. The van der Waals surface area contributed by atoms with Crippen molar-refractivity contribution in [3.05, 3.63) is 36.4 Å². The first-order valence-corrected chi connectivity index (χ1v) is 6.27. The van der Waals surface area contributed by atoms with Crippen LogP contribution in [-0.2, 0) is 0 Å². The summed E-state index contributed by atoms with van der Waals surface area (Å²) >= 11 is 0. The van der Waals surface area contributed by atoms with Crippen molar-refractivity contribution in [1.29, 1.82) is 0 Å². The third kappa shape index (κ3) is 46.6. The van der Waals surface area contributed by atoms with Gasteiger partial charge in [0.2, 0.25) is 0 Å². The SMILES string of the molecule is CC.CC(C)O.CN=CN(C)C.c1ccccc1. The average Bonchev–Trinajstić information content (AvgIpc) is 2.34. The van der Waals surface area contributed by atoms with Crippen LogP contribution in [0.2, 0.25) is 0 Å². The third-order valence-corrected chi connectivity index (χ3v) is 1.01. The van der Waals surface area contributed by atoms with Gasteiger partial charge in [0.25, 0.3) is 0 Å². The van der Waals surface area contributed by atoms with Crippen molar-refractivity contribution in [2.45, 2.75) is 33.8 Å². The highest BCUT2D eigenvalue weighted by molar-refractivity contribution is 5.53. The zero-order valence-electron chi connectivity index (χ0n) is 13.0. The van der Waals surface area contributed by atoms with Crippen molar-refractivity contribution in [3.63, 3.8) is 0 Å². The minimum atomic E-state index is -0.167. The lowest BCUT2D eigenvalue weighted by Crippen LogP contribution is -2.06. The van der Waals surface area contributed by atoms with Gasteiger partial charge in [0.05, 0.1) is 6.34 Å². The van der Waals surface area contributed by atoms with E-state index in [0.717, 1.165) is 0 Å². The monoisotopic (exact) mass is 254 g/mol. The van der Waals surface area contributed by atoms with Crippen LogP contribution < -0.4 is 0 Å². The highest BCUT2D eigenvalue weighted by atomic mass is 16.3. The number of aliphatic imine (C=N–C) groups is 1. The van der Waals surface area contributed by atoms with E-state index in [2.05, 4.69) is 4.99 Å². The van der Waals surface area contributed by atoms with Crippen LogP contribution in [0.25, 0.3) is 0 Å². The summed E-state index contributed by atoms with van der Waals surface area (Å²) in [4.78, 5) is 5.62. The number of nitrogens with zero attached hydrogens (tertiary/aromatic N) is 2. The Morgan fingerprint density at radius 1 is 0.944 bits per heavy atom. The highest BCUT2D eigenvalue weighted by Crippen LogP contribution is 1.79. The molecule has 1 aromatic rings. The van der Waals surface area contributed by atoms with Gasteiger partial charge >= 0.3 is 0 Å². The van der Waals surface area contributed by atoms with Gasteiger partial charge in [-0.15, -0.1) is 0 Å². The van der Waals surface area contributed by atoms with Gasteiger partial charge in [-0.1, -0.05) is 50.2 Å². The molecule has 0 aliphatic rings. The minimum Gasteiger partial charge on any atom is -0.394 e. The molecule has 0 radical (unpaired) electrons. The first-order chi connectivity index (χ1) is 8.50. The number of hydrogen-bond acceptors (Lipinski definition) is 2. The van der Waals surface area contributed by atoms with Crippen molar-refractivity contribution >= 4 is 6.34 Å². The summed E-state index contributed by atoms with van der Waals surface area (Å²) in [6.07, 6.45) is 1.58. The molecule has 0 saturated carbocycles. The van der Waals surface area contributed by atoms with Crippen LogP contribution in [0.3, 0.4) is 0 Å². The molecule has 0 unspecified atom stereocenters. The maximum atomic E-state index is 8.06. The van der Waals surface area contributed by atoms with E-state index in [4.69, 9.17) is 5.11 Å². The quantitative estimate of drug-likeness (QED) is 0.616. The molecule has 0 aliphatic heterocycles. The second-order valence-corrected chi connectivity index (χ2v) is 3.59. The highest BCUT2D eigenvalue weighted by Gasteiger charge is 1.69. The minimum absolute atomic E-state index is 0.167. The summed E-state index contributed by atoms with van der Waals surface area (Å²) in [6, 6.07) is 12.0. The molecule has 0 bridgehead atoms. The Morgan fingerprint density at radius 2 is 1.17 bits per heavy atom. The fourth-order valence-corrected chi connectivity index (χ4v) is 0.616. The Kier molecular flexibility index (Phi) is 25.5. The fraction of sp³-hybridized carbons (Fsp3) is 0.533. The van der Waals surface area contributed by atoms with Crippen LogP contribution in [0.1, 0.15) is 27.7 Å². The molecular formula is C15H30N2O. The van der Waals surface area contributed by atoms with E-state index in [0.29, 0.717) is 0 Å². The topological polar surface area (TPSA) is 35.8 Å². The summed E-state index contributed by atoms with van der Waals surface area (Å²) in [5, 5.41) is 8.06. The van der Waals surface area contributed by atoms with E-state index in [-0.39, 0.29) is 6.10 Å². The largest absolute Gasteiger partial charge is 0.394 e. The third-order valence-electron chi connectivity index (χ3n) is 1.01. The maximum Gasteiger partial charge on any atom is 0.0841 e. The molecule has 3 nitrogen and oxygen atoms in total. The fourth-order valence-electron chi connectivity index (χ4n) is 0.616. The lowest BCUT2D eigenvalue weighted by Gasteiger charge is -1.98. The molecule has 1 aromatic carbocycles. The zero-order valence-corrected chi connectivity index (χ0v) is 13.0. The average molecular weight is 254 g/mol. The van der Waals surface area contributed by atoms with Crippen LogP contribution in [0.4, 0.5) is 0 Å². The molecule has 0 atom stereocenters. The summed E-state index contributed by atoms with van der Waals surface area (Å²) in [5.74, 6) is 0. The van der Waals surface area contributed by atoms with Crippen LogP contribution in [0, 0.1) is 0 Å². The summed E-state index contributed by atoms with van der Waals surface area (Å²) in [7, 11) is 5.62. The second kappa shape index (κ2) is 21.0. The molecule has 1 rings (SSSR count). The number of aliphatic hydroxyl groups excluding tert-OH is 1. The van der Waals surface area contributed by atoms with Gasteiger partial charge in [0.1, 0.15) is 0 Å². The van der Waals surface area contributed by atoms with E-state index in [9.17, 15) is 0 Å². The Balaban J connectivity index is -0.000000179. The predicted molar refractivity (Wildman–Crippen MR) is 83.2 cm³/mol. The summed E-state index contributed by atoms with van der Waals surface area (Å²) in [6.45, 7) is 7.44. The molecule has 0 aliphatic carbocycles. The second-order valence-electron chi connectivity index (χ2n) is 3.59. The Hall–Kier alpha value is -1.35. The van der Waals surface area contributed by atoms with Crippen LogP contribution in [-0.4, -0.2) is 43.6 Å². The number of aliphatic hydroxyl groups is 1. The Bertz CT molecular complexity index is 204. The van der Waals surface area contributed by atoms with Gasteiger partial charge in [0, 0.05) is 27.2 Å². The van der Waals surface area contributed by atoms with Crippen LogP contribution in [0.5, 0.6) is 0 Å². The number of hydrogen-bond donors (Lipinski definition) is 1. The lowest BCUT2D eigenvalue weighted by atomic mass is 10.4. The van der Waals surface area contributed by atoms with E-state index in [1.165, 1.54) is 0 Å². The van der Waals surface area contributed by atoms with Crippen molar-refractivity contribution in [2.75, 3.05) is 21.1 Å². The molecular weight excluding hydrogens is 224 g/mol. The van der Waals surface area contributed by atoms with Crippen molar-refractivity contribution in [1.82, 2.24) is 4.90 Å². The van der Waals surface area contributed by atoms with Crippen LogP contribution >= 0.6 is 0 Å². The van der Waals surface area contributed by atoms with Gasteiger partial charge in [-0.2, -0.15) is 0 Å². The lowest BCUT2D eigenvalue weighted by molar-refractivity contribution is 0.216. The first-order valence-electron chi connectivity index (χ1n) is 6.27. The van der Waals surface area contributed by atoms with Crippen molar-refractivity contribution in [2.24, 2.45) is 4.99 Å². The van der Waals surface area contributed by atoms with E-state index in [1.807, 2.05) is 69.2 Å². The molecule has 0 spiro atoms. The van der Waals surface area contributed by atoms with Gasteiger partial charge < -0.3 is 10.0 Å². The normalized spacial score (nSPS) is 8.28. The van der Waals surface area contributed by atoms with E-state index < -0.39 is 0 Å². The van der Waals surface area contributed by atoms with Crippen LogP contribution in [0.15, 0.2) is 41.4 Å². The summed E-state index contributed by atoms with van der Waals surface area (Å²) < 4.78 is 0. The van der Waals surface area contributed by atoms with Crippen molar-refractivity contribution in [3.8, 4) is 0 Å². The predicted octanol–water partition coefficient (Wildman–Crippen LogP) is 3.31. The van der Waals surface area contributed by atoms with Gasteiger partial charge in [-0.3, -0.25) is 4.99 Å². The molecule has 18 heavy (non-hydrogen) atoms. The number of benzene rings is 1. The molecule has 0 saturated heterocycles. The molecule has 0 heterocycles. The standard InChI is InChI=1S/C6H6.C4H10N2.C3H8O.C2H6/c1-2-4-6-5-3-1;1-5-4-6(2)3;1-3(2)4;1-2/h1-6H;4H,1-3H3;3-4H,1-2H3;1-2H3. The Labute approximate surface area is 113 Å². The number of rotatable bonds is 1. The maximum absolute atomic E-state index is 8.06. The molecule has 106 valence electrons. The molecule has 0 amide bonds. The van der Waals surface area contributed by atoms with E-state index >= 15 is 0 Å². The zero-order chi connectivity index (χ0) is 14.8. The van der Waals surface area contributed by atoms with Gasteiger partial charge in [-0.05, 0) is 13.8 Å². The van der Waals surface area contributed by atoms with Gasteiger partial charge in [-0.25, -0.2) is 0 Å². The van der Waals surface area contributed by atoms with Crippen molar-refractivity contribution < 1.29 is 5.11 Å². The van der Waals surface area contributed by atoms with E-state index in [1.54, 1.807) is 27.2 Å². The Morgan fingerprint density at radius 3 is 1.22 bits per heavy atom. The molecule has 1 N–H and O–H groups in total.